The van der Waals surface area contributed by atoms with Crippen LogP contribution in [-0.4, -0.2) is 24.6 Å². The summed E-state index contributed by atoms with van der Waals surface area (Å²) in [5.41, 5.74) is 1.06. The van der Waals surface area contributed by atoms with Crippen molar-refractivity contribution in [3.8, 4) is 0 Å². The SMILES string of the molecule is CCNCCCNCc1ccc(=O)[nH]c1. The van der Waals surface area contributed by atoms with Crippen molar-refractivity contribution in [3.63, 3.8) is 0 Å². The Balaban J connectivity index is 2.10. The van der Waals surface area contributed by atoms with E-state index in [1.807, 2.05) is 6.07 Å². The van der Waals surface area contributed by atoms with Gasteiger partial charge < -0.3 is 15.6 Å². The van der Waals surface area contributed by atoms with Crippen molar-refractivity contribution < 1.29 is 0 Å². The molecule has 1 rings (SSSR count). The van der Waals surface area contributed by atoms with Crippen LogP contribution in [0.5, 0.6) is 0 Å². The molecule has 4 heteroatoms. The van der Waals surface area contributed by atoms with Gasteiger partial charge >= 0.3 is 0 Å². The maximum Gasteiger partial charge on any atom is 0.247 e. The van der Waals surface area contributed by atoms with Gasteiger partial charge in [0.15, 0.2) is 0 Å². The second kappa shape index (κ2) is 7.20. The summed E-state index contributed by atoms with van der Waals surface area (Å²) >= 11 is 0. The van der Waals surface area contributed by atoms with Crippen LogP contribution in [-0.2, 0) is 6.54 Å². The van der Waals surface area contributed by atoms with Crippen molar-refractivity contribution >= 4 is 0 Å². The quantitative estimate of drug-likeness (QED) is 0.572. The Labute approximate surface area is 90.1 Å². The minimum atomic E-state index is -0.0501. The molecule has 0 fully saturated rings. The molecule has 3 N–H and O–H groups in total. The summed E-state index contributed by atoms with van der Waals surface area (Å²) in [7, 11) is 0. The molecule has 0 saturated heterocycles. The lowest BCUT2D eigenvalue weighted by Gasteiger charge is -2.04. The number of aromatic nitrogens is 1. The highest BCUT2D eigenvalue weighted by Gasteiger charge is 1.92. The molecule has 0 aromatic carbocycles. The third kappa shape index (κ3) is 5.34. The predicted octanol–water partition coefficient (Wildman–Crippen LogP) is 0.464. The van der Waals surface area contributed by atoms with Gasteiger partial charge in [-0.2, -0.15) is 0 Å². The highest BCUT2D eigenvalue weighted by atomic mass is 16.1. The van der Waals surface area contributed by atoms with Crippen LogP contribution in [0.4, 0.5) is 0 Å². The van der Waals surface area contributed by atoms with E-state index in [-0.39, 0.29) is 5.56 Å². The molecule has 15 heavy (non-hydrogen) atoms. The molecule has 1 heterocycles. The summed E-state index contributed by atoms with van der Waals surface area (Å²) < 4.78 is 0. The molecule has 0 amide bonds. The van der Waals surface area contributed by atoms with Crippen LogP contribution in [0.15, 0.2) is 23.1 Å². The van der Waals surface area contributed by atoms with Gasteiger partial charge in [-0.1, -0.05) is 13.0 Å². The van der Waals surface area contributed by atoms with Crippen LogP contribution in [0.1, 0.15) is 18.9 Å². The standard InChI is InChI=1S/C11H19N3O/c1-2-12-6-3-7-13-8-10-4-5-11(15)14-9-10/h4-5,9,12-13H,2-3,6-8H2,1H3,(H,14,15). The van der Waals surface area contributed by atoms with Gasteiger partial charge in [0, 0.05) is 18.8 Å². The van der Waals surface area contributed by atoms with Gasteiger partial charge in [-0.15, -0.1) is 0 Å². The molecular weight excluding hydrogens is 190 g/mol. The topological polar surface area (TPSA) is 56.9 Å². The first kappa shape index (κ1) is 11.9. The van der Waals surface area contributed by atoms with Gasteiger partial charge in [-0.3, -0.25) is 4.79 Å². The van der Waals surface area contributed by atoms with Crippen molar-refractivity contribution in [2.45, 2.75) is 19.9 Å². The van der Waals surface area contributed by atoms with Gasteiger partial charge in [0.2, 0.25) is 5.56 Å². The normalized spacial score (nSPS) is 10.5. The van der Waals surface area contributed by atoms with E-state index in [1.54, 1.807) is 12.3 Å². The highest BCUT2D eigenvalue weighted by molar-refractivity contribution is 5.07. The smallest absolute Gasteiger partial charge is 0.247 e. The molecule has 0 radical (unpaired) electrons. The molecule has 1 aromatic heterocycles. The Bertz CT molecular complexity index is 301. The van der Waals surface area contributed by atoms with E-state index in [0.717, 1.165) is 38.2 Å². The lowest BCUT2D eigenvalue weighted by atomic mass is 10.3. The zero-order valence-corrected chi connectivity index (χ0v) is 9.18. The molecular formula is C11H19N3O. The fourth-order valence-electron chi connectivity index (χ4n) is 1.30. The Morgan fingerprint density at radius 3 is 2.73 bits per heavy atom. The van der Waals surface area contributed by atoms with Crippen LogP contribution in [0.25, 0.3) is 0 Å². The van der Waals surface area contributed by atoms with Crippen LogP contribution < -0.4 is 16.2 Å². The van der Waals surface area contributed by atoms with Crippen molar-refractivity contribution in [1.29, 1.82) is 0 Å². The summed E-state index contributed by atoms with van der Waals surface area (Å²) in [5.74, 6) is 0. The maximum absolute atomic E-state index is 10.8. The average molecular weight is 209 g/mol. The van der Waals surface area contributed by atoms with Gasteiger partial charge in [0.05, 0.1) is 0 Å². The molecule has 0 spiro atoms. The Hall–Kier alpha value is -1.13. The van der Waals surface area contributed by atoms with Gasteiger partial charge in [0.25, 0.3) is 0 Å². The molecule has 4 nitrogen and oxygen atoms in total. The third-order valence-corrected chi connectivity index (χ3v) is 2.13. The molecule has 0 unspecified atom stereocenters. The fraction of sp³-hybridized carbons (Fsp3) is 0.545. The first-order valence-electron chi connectivity index (χ1n) is 5.42. The largest absolute Gasteiger partial charge is 0.329 e. The number of pyridine rings is 1. The van der Waals surface area contributed by atoms with Gasteiger partial charge in [0.1, 0.15) is 0 Å². The number of rotatable bonds is 7. The molecule has 0 aliphatic rings. The molecule has 0 aliphatic carbocycles. The van der Waals surface area contributed by atoms with Crippen molar-refractivity contribution in [2.75, 3.05) is 19.6 Å². The first-order chi connectivity index (χ1) is 7.33. The van der Waals surface area contributed by atoms with E-state index in [9.17, 15) is 4.79 Å². The van der Waals surface area contributed by atoms with Crippen LogP contribution >= 0.6 is 0 Å². The lowest BCUT2D eigenvalue weighted by molar-refractivity contribution is 0.605. The monoisotopic (exact) mass is 209 g/mol. The zero-order chi connectivity index (χ0) is 10.9. The molecule has 0 bridgehead atoms. The summed E-state index contributed by atoms with van der Waals surface area (Å²) in [6, 6.07) is 3.39. The number of H-pyrrole nitrogens is 1. The number of aromatic amines is 1. The van der Waals surface area contributed by atoms with E-state index < -0.39 is 0 Å². The van der Waals surface area contributed by atoms with Crippen LogP contribution in [0.2, 0.25) is 0 Å². The van der Waals surface area contributed by atoms with Crippen molar-refractivity contribution in [3.05, 3.63) is 34.2 Å². The Morgan fingerprint density at radius 1 is 1.27 bits per heavy atom. The second-order valence-electron chi connectivity index (χ2n) is 3.45. The molecule has 0 atom stereocenters. The lowest BCUT2D eigenvalue weighted by Crippen LogP contribution is -2.21. The number of hydrogen-bond acceptors (Lipinski definition) is 3. The fourth-order valence-corrected chi connectivity index (χ4v) is 1.30. The summed E-state index contributed by atoms with van der Waals surface area (Å²) in [5, 5.41) is 6.58. The van der Waals surface area contributed by atoms with E-state index in [0.29, 0.717) is 0 Å². The molecule has 0 saturated carbocycles. The maximum atomic E-state index is 10.8. The van der Waals surface area contributed by atoms with Gasteiger partial charge in [-0.05, 0) is 31.6 Å². The first-order valence-corrected chi connectivity index (χ1v) is 5.42. The highest BCUT2D eigenvalue weighted by Crippen LogP contribution is 1.91. The second-order valence-corrected chi connectivity index (χ2v) is 3.45. The van der Waals surface area contributed by atoms with Crippen molar-refractivity contribution in [1.82, 2.24) is 15.6 Å². The summed E-state index contributed by atoms with van der Waals surface area (Å²) in [6.07, 6.45) is 2.87. The summed E-state index contributed by atoms with van der Waals surface area (Å²) in [6.45, 7) is 5.98. The summed E-state index contributed by atoms with van der Waals surface area (Å²) in [4.78, 5) is 13.4. The number of hydrogen-bond donors (Lipinski definition) is 3. The number of nitrogens with one attached hydrogen (secondary N) is 3. The molecule has 0 aliphatic heterocycles. The van der Waals surface area contributed by atoms with E-state index in [4.69, 9.17) is 0 Å². The molecule has 84 valence electrons. The van der Waals surface area contributed by atoms with E-state index in [2.05, 4.69) is 22.5 Å². The zero-order valence-electron chi connectivity index (χ0n) is 9.18. The predicted molar refractivity (Wildman–Crippen MR) is 61.9 cm³/mol. The average Bonchev–Trinajstić information content (AvgIpc) is 2.26. The van der Waals surface area contributed by atoms with Crippen LogP contribution in [0, 0.1) is 0 Å². The minimum Gasteiger partial charge on any atom is -0.329 e. The third-order valence-electron chi connectivity index (χ3n) is 2.13. The van der Waals surface area contributed by atoms with E-state index >= 15 is 0 Å². The Morgan fingerprint density at radius 2 is 2.07 bits per heavy atom. The van der Waals surface area contributed by atoms with E-state index in [1.165, 1.54) is 0 Å². The minimum absolute atomic E-state index is 0.0501. The van der Waals surface area contributed by atoms with Crippen LogP contribution in [0.3, 0.4) is 0 Å². The Kier molecular flexibility index (Phi) is 5.73. The van der Waals surface area contributed by atoms with Crippen molar-refractivity contribution in [2.24, 2.45) is 0 Å². The molecule has 1 aromatic rings. The van der Waals surface area contributed by atoms with Gasteiger partial charge in [-0.25, -0.2) is 0 Å².